The third-order valence-electron chi connectivity index (χ3n) is 2.38. The Balaban J connectivity index is 0.000000283. The van der Waals surface area contributed by atoms with Crippen LogP contribution in [0.25, 0.3) is 0 Å². The number of benzene rings is 1. The minimum Gasteiger partial charge on any atom is -0.264 e. The van der Waals surface area contributed by atoms with E-state index in [4.69, 9.17) is 0 Å². The minimum atomic E-state index is 1.08. The molecule has 0 bridgehead atoms. The van der Waals surface area contributed by atoms with Gasteiger partial charge in [0.25, 0.3) is 0 Å². The molecule has 0 aliphatic heterocycles. The molecule has 0 atom stereocenters. The topological polar surface area (TPSA) is 12.9 Å². The molecule has 18 heavy (non-hydrogen) atoms. The van der Waals surface area contributed by atoms with Crippen molar-refractivity contribution < 1.29 is 0 Å². The van der Waals surface area contributed by atoms with Crippen molar-refractivity contribution in [1.29, 1.82) is 0 Å². The molecule has 2 aromatic rings. The van der Waals surface area contributed by atoms with E-state index in [2.05, 4.69) is 49.2 Å². The lowest BCUT2D eigenvalue weighted by atomic mass is 10.2. The van der Waals surface area contributed by atoms with Gasteiger partial charge in [0.2, 0.25) is 0 Å². The number of pyridine rings is 1. The molecule has 0 radical (unpaired) electrons. The minimum absolute atomic E-state index is 1.08. The molecule has 1 aromatic heterocycles. The van der Waals surface area contributed by atoms with Crippen LogP contribution in [-0.2, 0) is 12.8 Å². The van der Waals surface area contributed by atoms with Gasteiger partial charge in [0.1, 0.15) is 0 Å². The molecule has 0 saturated heterocycles. The zero-order chi connectivity index (χ0) is 13.6. The van der Waals surface area contributed by atoms with Crippen LogP contribution in [0.4, 0.5) is 0 Å². The Bertz CT molecular complexity index is 328. The van der Waals surface area contributed by atoms with E-state index >= 15 is 0 Å². The second-order valence-electron chi connectivity index (χ2n) is 3.55. The molecular formula is C17H25N. The average molecular weight is 243 g/mol. The fourth-order valence-corrected chi connectivity index (χ4v) is 1.32. The molecule has 0 aliphatic carbocycles. The predicted molar refractivity (Wildman–Crippen MR) is 80.8 cm³/mol. The Morgan fingerprint density at radius 1 is 0.778 bits per heavy atom. The van der Waals surface area contributed by atoms with Gasteiger partial charge in [-0.1, -0.05) is 64.1 Å². The fourth-order valence-electron chi connectivity index (χ4n) is 1.32. The molecule has 1 heterocycles. The molecule has 1 heteroatoms. The summed E-state index contributed by atoms with van der Waals surface area (Å²) in [4.78, 5) is 3.96. The first-order chi connectivity index (χ1) is 8.86. The Hall–Kier alpha value is -1.63. The van der Waals surface area contributed by atoms with Gasteiger partial charge < -0.3 is 0 Å². The zero-order valence-electron chi connectivity index (χ0n) is 12.1. The quantitative estimate of drug-likeness (QED) is 0.729. The normalized spacial score (nSPS) is 8.44. The van der Waals surface area contributed by atoms with Crippen LogP contribution in [0.1, 0.15) is 38.8 Å². The van der Waals surface area contributed by atoms with Crippen molar-refractivity contribution in [3.63, 3.8) is 0 Å². The van der Waals surface area contributed by atoms with Crippen LogP contribution in [0.15, 0.2) is 54.9 Å². The van der Waals surface area contributed by atoms with Crippen molar-refractivity contribution >= 4 is 0 Å². The summed E-state index contributed by atoms with van der Waals surface area (Å²) in [6.07, 6.45) is 5.90. The van der Waals surface area contributed by atoms with E-state index in [0.29, 0.717) is 0 Å². The molecule has 98 valence electrons. The highest BCUT2D eigenvalue weighted by Crippen LogP contribution is 1.96. The first kappa shape index (κ1) is 16.4. The van der Waals surface area contributed by atoms with Crippen molar-refractivity contribution in [3.05, 3.63) is 66.0 Å². The summed E-state index contributed by atoms with van der Waals surface area (Å²) in [5.41, 5.74) is 2.71. The van der Waals surface area contributed by atoms with Crippen LogP contribution in [-0.4, -0.2) is 4.98 Å². The molecule has 0 saturated carbocycles. The lowest BCUT2D eigenvalue weighted by molar-refractivity contribution is 1.10. The van der Waals surface area contributed by atoms with E-state index in [9.17, 15) is 0 Å². The largest absolute Gasteiger partial charge is 0.264 e. The molecular weight excluding hydrogens is 218 g/mol. The maximum absolute atomic E-state index is 3.96. The molecule has 1 aromatic carbocycles. The highest BCUT2D eigenvalue weighted by atomic mass is 14.6. The van der Waals surface area contributed by atoms with Crippen molar-refractivity contribution in [2.24, 2.45) is 0 Å². The standard InChI is InChI=1S/C8H10.C7H9N.C2H6/c1-2-8-6-4-3-5-7-8;1-2-7-4-3-5-8-6-7;1-2/h3-7H,2H2,1H3;3-6H,2H2,1H3;1-2H3. The van der Waals surface area contributed by atoms with Crippen LogP contribution in [0.5, 0.6) is 0 Å². The fraction of sp³-hybridized carbons (Fsp3) is 0.353. The van der Waals surface area contributed by atoms with Gasteiger partial charge in [-0.2, -0.15) is 0 Å². The van der Waals surface area contributed by atoms with E-state index in [-0.39, 0.29) is 0 Å². The van der Waals surface area contributed by atoms with E-state index < -0.39 is 0 Å². The molecule has 0 fully saturated rings. The maximum atomic E-state index is 3.96. The Kier molecular flexibility index (Phi) is 10.8. The third-order valence-corrected chi connectivity index (χ3v) is 2.38. The van der Waals surface area contributed by atoms with Crippen molar-refractivity contribution in [2.75, 3.05) is 0 Å². The van der Waals surface area contributed by atoms with Crippen LogP contribution < -0.4 is 0 Å². The second-order valence-corrected chi connectivity index (χ2v) is 3.55. The van der Waals surface area contributed by atoms with Crippen molar-refractivity contribution in [1.82, 2.24) is 4.98 Å². The highest BCUT2D eigenvalue weighted by Gasteiger charge is 1.81. The first-order valence-corrected chi connectivity index (χ1v) is 6.79. The average Bonchev–Trinajstić information content (AvgIpc) is 2.51. The van der Waals surface area contributed by atoms with Crippen LogP contribution in [0.2, 0.25) is 0 Å². The van der Waals surface area contributed by atoms with Gasteiger partial charge >= 0.3 is 0 Å². The lowest BCUT2D eigenvalue weighted by Gasteiger charge is -1.89. The van der Waals surface area contributed by atoms with Gasteiger partial charge in [-0.15, -0.1) is 0 Å². The van der Waals surface area contributed by atoms with Crippen LogP contribution in [0.3, 0.4) is 0 Å². The molecule has 1 nitrogen and oxygen atoms in total. The Morgan fingerprint density at radius 3 is 1.67 bits per heavy atom. The smallest absolute Gasteiger partial charge is 0.0299 e. The summed E-state index contributed by atoms with van der Waals surface area (Å²) in [5.74, 6) is 0. The second kappa shape index (κ2) is 11.8. The molecule has 0 unspecified atom stereocenters. The summed E-state index contributed by atoms with van der Waals surface area (Å²) < 4.78 is 0. The number of nitrogens with zero attached hydrogens (tertiary/aromatic N) is 1. The summed E-state index contributed by atoms with van der Waals surface area (Å²) >= 11 is 0. The van der Waals surface area contributed by atoms with Crippen LogP contribution >= 0.6 is 0 Å². The molecule has 0 spiro atoms. The molecule has 2 rings (SSSR count). The zero-order valence-corrected chi connectivity index (χ0v) is 12.1. The summed E-state index contributed by atoms with van der Waals surface area (Å²) in [5, 5.41) is 0. The van der Waals surface area contributed by atoms with E-state index in [1.807, 2.05) is 32.2 Å². The predicted octanol–water partition coefficient (Wildman–Crippen LogP) is 4.92. The van der Waals surface area contributed by atoms with Crippen LogP contribution in [0, 0.1) is 0 Å². The van der Waals surface area contributed by atoms with Gasteiger partial charge in [-0.25, -0.2) is 0 Å². The van der Waals surface area contributed by atoms with Crippen molar-refractivity contribution in [2.45, 2.75) is 40.5 Å². The van der Waals surface area contributed by atoms with Crippen molar-refractivity contribution in [3.8, 4) is 0 Å². The number of aromatic nitrogens is 1. The van der Waals surface area contributed by atoms with Gasteiger partial charge in [-0.3, -0.25) is 4.98 Å². The molecule has 0 amide bonds. The molecule has 0 aliphatic rings. The number of aryl methyl sites for hydroxylation is 2. The highest BCUT2D eigenvalue weighted by molar-refractivity contribution is 5.13. The summed E-state index contributed by atoms with van der Waals surface area (Å²) in [7, 11) is 0. The summed E-state index contributed by atoms with van der Waals surface area (Å²) in [6, 6.07) is 14.5. The monoisotopic (exact) mass is 243 g/mol. The van der Waals surface area contributed by atoms with Gasteiger partial charge in [0.05, 0.1) is 0 Å². The Labute approximate surface area is 112 Å². The first-order valence-electron chi connectivity index (χ1n) is 6.79. The summed E-state index contributed by atoms with van der Waals surface area (Å²) in [6.45, 7) is 8.28. The number of rotatable bonds is 2. The number of hydrogen-bond donors (Lipinski definition) is 0. The number of hydrogen-bond acceptors (Lipinski definition) is 1. The van der Waals surface area contributed by atoms with E-state index in [1.165, 1.54) is 11.1 Å². The van der Waals surface area contributed by atoms with E-state index in [1.54, 1.807) is 6.20 Å². The third kappa shape index (κ3) is 7.61. The Morgan fingerprint density at radius 2 is 1.33 bits per heavy atom. The lowest BCUT2D eigenvalue weighted by Crippen LogP contribution is -1.77. The maximum Gasteiger partial charge on any atom is 0.0299 e. The van der Waals surface area contributed by atoms with Gasteiger partial charge in [0, 0.05) is 12.4 Å². The van der Waals surface area contributed by atoms with E-state index in [0.717, 1.165) is 12.8 Å². The SMILES string of the molecule is CC.CCc1ccccc1.CCc1cccnc1. The van der Waals surface area contributed by atoms with Gasteiger partial charge in [0.15, 0.2) is 0 Å². The molecule has 0 N–H and O–H groups in total. The van der Waals surface area contributed by atoms with Gasteiger partial charge in [-0.05, 0) is 30.0 Å².